The van der Waals surface area contributed by atoms with Crippen molar-refractivity contribution in [3.8, 4) is 23.3 Å². The van der Waals surface area contributed by atoms with Crippen molar-refractivity contribution in [2.24, 2.45) is 0 Å². The van der Waals surface area contributed by atoms with Crippen molar-refractivity contribution in [2.75, 3.05) is 0 Å². The van der Waals surface area contributed by atoms with Gasteiger partial charge in [-0.25, -0.2) is 0 Å². The standard InChI is InChI=1S/C24H16N2/c25-11-9-21-13-17-5-1-3-7-19(17)15-23(21)24-16-20-8-4-2-6-18(20)14-22(24)10-12-26/h1-8,13-16H,9-10H2. The number of rotatable bonds is 3. The van der Waals surface area contributed by atoms with Gasteiger partial charge in [0.1, 0.15) is 0 Å². The van der Waals surface area contributed by atoms with Crippen LogP contribution in [0.3, 0.4) is 0 Å². The molecule has 0 aliphatic carbocycles. The summed E-state index contributed by atoms with van der Waals surface area (Å²) in [6.45, 7) is 0. The zero-order valence-corrected chi connectivity index (χ0v) is 14.2. The maximum Gasteiger partial charge on any atom is 0.0669 e. The Balaban J connectivity index is 2.05. The highest BCUT2D eigenvalue weighted by molar-refractivity contribution is 5.94. The Kier molecular flexibility index (Phi) is 4.10. The Morgan fingerprint density at radius 3 is 1.23 bits per heavy atom. The summed E-state index contributed by atoms with van der Waals surface area (Å²) < 4.78 is 0. The molecule has 0 fully saturated rings. The first kappa shape index (κ1) is 15.9. The lowest BCUT2D eigenvalue weighted by atomic mass is 9.89. The predicted octanol–water partition coefficient (Wildman–Crippen LogP) is 5.79. The van der Waals surface area contributed by atoms with Crippen LogP contribution in [0.25, 0.3) is 32.7 Å². The second kappa shape index (κ2) is 6.71. The predicted molar refractivity (Wildman–Crippen MR) is 106 cm³/mol. The van der Waals surface area contributed by atoms with E-state index >= 15 is 0 Å². The summed E-state index contributed by atoms with van der Waals surface area (Å²) in [5, 5.41) is 23.1. The van der Waals surface area contributed by atoms with Crippen LogP contribution in [0.2, 0.25) is 0 Å². The van der Waals surface area contributed by atoms with Crippen LogP contribution in [0.4, 0.5) is 0 Å². The quantitative estimate of drug-likeness (QED) is 0.476. The second-order valence-corrected chi connectivity index (χ2v) is 6.38. The summed E-state index contributed by atoms with van der Waals surface area (Å²) in [6, 6.07) is 29.4. The van der Waals surface area contributed by atoms with Crippen LogP contribution < -0.4 is 0 Å². The SMILES string of the molecule is N#CCc1cc2ccccc2cc1-c1cc2ccccc2cc1CC#N. The summed E-state index contributed by atoms with van der Waals surface area (Å²) in [5.41, 5.74) is 4.09. The van der Waals surface area contributed by atoms with Gasteiger partial charge in [-0.3, -0.25) is 0 Å². The Morgan fingerprint density at radius 1 is 0.538 bits per heavy atom. The van der Waals surface area contributed by atoms with Crippen molar-refractivity contribution in [3.63, 3.8) is 0 Å². The molecule has 0 aliphatic heterocycles. The maximum atomic E-state index is 9.31. The number of fused-ring (bicyclic) bond motifs is 2. The molecule has 122 valence electrons. The number of hydrogen-bond acceptors (Lipinski definition) is 2. The minimum Gasteiger partial charge on any atom is -0.198 e. The molecule has 0 heterocycles. The molecule has 2 heteroatoms. The van der Waals surface area contributed by atoms with Crippen molar-refractivity contribution < 1.29 is 0 Å². The topological polar surface area (TPSA) is 47.6 Å². The van der Waals surface area contributed by atoms with Crippen LogP contribution in [0.5, 0.6) is 0 Å². The smallest absolute Gasteiger partial charge is 0.0669 e. The van der Waals surface area contributed by atoms with Crippen molar-refractivity contribution in [1.29, 1.82) is 10.5 Å². The van der Waals surface area contributed by atoms with Crippen molar-refractivity contribution in [2.45, 2.75) is 12.8 Å². The van der Waals surface area contributed by atoms with Gasteiger partial charge in [0, 0.05) is 0 Å². The van der Waals surface area contributed by atoms with Gasteiger partial charge in [-0.2, -0.15) is 10.5 Å². The molecule has 0 atom stereocenters. The van der Waals surface area contributed by atoms with Crippen molar-refractivity contribution in [3.05, 3.63) is 83.9 Å². The van der Waals surface area contributed by atoms with Crippen LogP contribution >= 0.6 is 0 Å². The molecule has 2 nitrogen and oxygen atoms in total. The highest BCUT2D eigenvalue weighted by Crippen LogP contribution is 2.34. The highest BCUT2D eigenvalue weighted by atomic mass is 14.3. The molecule has 26 heavy (non-hydrogen) atoms. The minimum absolute atomic E-state index is 0.346. The van der Waals surface area contributed by atoms with Gasteiger partial charge in [0.15, 0.2) is 0 Å². The number of nitriles is 2. The summed E-state index contributed by atoms with van der Waals surface area (Å²) >= 11 is 0. The first-order chi connectivity index (χ1) is 12.8. The van der Waals surface area contributed by atoms with E-state index in [1.165, 1.54) is 0 Å². The van der Waals surface area contributed by atoms with E-state index in [4.69, 9.17) is 0 Å². The lowest BCUT2D eigenvalue weighted by Gasteiger charge is -2.14. The van der Waals surface area contributed by atoms with E-state index in [-0.39, 0.29) is 0 Å². The van der Waals surface area contributed by atoms with Crippen LogP contribution in [0.15, 0.2) is 72.8 Å². The van der Waals surface area contributed by atoms with E-state index in [2.05, 4.69) is 60.7 Å². The van der Waals surface area contributed by atoms with Crippen LogP contribution in [0, 0.1) is 22.7 Å². The summed E-state index contributed by atoms with van der Waals surface area (Å²) in [5.74, 6) is 0. The van der Waals surface area contributed by atoms with Gasteiger partial charge in [-0.15, -0.1) is 0 Å². The molecule has 4 aromatic carbocycles. The third kappa shape index (κ3) is 2.79. The first-order valence-electron chi connectivity index (χ1n) is 8.58. The van der Waals surface area contributed by atoms with Gasteiger partial charge in [0.2, 0.25) is 0 Å². The molecule has 4 aromatic rings. The first-order valence-corrected chi connectivity index (χ1v) is 8.58. The third-order valence-electron chi connectivity index (χ3n) is 4.77. The molecule has 0 saturated heterocycles. The van der Waals surface area contributed by atoms with Crippen LogP contribution in [-0.4, -0.2) is 0 Å². The Labute approximate surface area is 152 Å². The Hall–Kier alpha value is -3.62. The normalized spacial score (nSPS) is 10.5. The van der Waals surface area contributed by atoms with E-state index in [0.717, 1.165) is 43.8 Å². The Morgan fingerprint density at radius 2 is 0.885 bits per heavy atom. The van der Waals surface area contributed by atoms with E-state index in [9.17, 15) is 10.5 Å². The molecule has 0 bridgehead atoms. The number of nitrogens with zero attached hydrogens (tertiary/aromatic N) is 2. The largest absolute Gasteiger partial charge is 0.198 e. The van der Waals surface area contributed by atoms with Gasteiger partial charge < -0.3 is 0 Å². The lowest BCUT2D eigenvalue weighted by molar-refractivity contribution is 1.24. The van der Waals surface area contributed by atoms with Gasteiger partial charge in [0.05, 0.1) is 25.0 Å². The molecule has 0 unspecified atom stereocenters. The van der Waals surface area contributed by atoms with Gasteiger partial charge in [-0.05, 0) is 68.1 Å². The monoisotopic (exact) mass is 332 g/mol. The molecule has 4 rings (SSSR count). The molecular formula is C24H16N2. The van der Waals surface area contributed by atoms with Gasteiger partial charge in [-0.1, -0.05) is 48.5 Å². The minimum atomic E-state index is 0.346. The van der Waals surface area contributed by atoms with Crippen LogP contribution in [0.1, 0.15) is 11.1 Å². The fourth-order valence-corrected chi connectivity index (χ4v) is 3.54. The fraction of sp³-hybridized carbons (Fsp3) is 0.0833. The molecule has 0 spiro atoms. The van der Waals surface area contributed by atoms with Gasteiger partial charge >= 0.3 is 0 Å². The molecular weight excluding hydrogens is 316 g/mol. The molecule has 0 N–H and O–H groups in total. The van der Waals surface area contributed by atoms with Crippen molar-refractivity contribution in [1.82, 2.24) is 0 Å². The Bertz CT molecular complexity index is 1110. The highest BCUT2D eigenvalue weighted by Gasteiger charge is 2.13. The van der Waals surface area contributed by atoms with Gasteiger partial charge in [0.25, 0.3) is 0 Å². The van der Waals surface area contributed by atoms with Crippen LogP contribution in [-0.2, 0) is 12.8 Å². The van der Waals surface area contributed by atoms with E-state index in [0.29, 0.717) is 12.8 Å². The van der Waals surface area contributed by atoms with Crippen molar-refractivity contribution >= 4 is 21.5 Å². The number of benzene rings is 4. The third-order valence-corrected chi connectivity index (χ3v) is 4.77. The lowest BCUT2D eigenvalue weighted by Crippen LogP contribution is -1.95. The zero-order chi connectivity index (χ0) is 17.9. The molecule has 0 radical (unpaired) electrons. The average Bonchev–Trinajstić information content (AvgIpc) is 2.67. The maximum absolute atomic E-state index is 9.31. The fourth-order valence-electron chi connectivity index (χ4n) is 3.54. The number of hydrogen-bond donors (Lipinski definition) is 0. The molecule has 0 amide bonds. The summed E-state index contributed by atoms with van der Waals surface area (Å²) in [6.07, 6.45) is 0.692. The molecule has 0 aliphatic rings. The van der Waals surface area contributed by atoms with E-state index in [1.54, 1.807) is 0 Å². The second-order valence-electron chi connectivity index (χ2n) is 6.38. The van der Waals surface area contributed by atoms with E-state index < -0.39 is 0 Å². The summed E-state index contributed by atoms with van der Waals surface area (Å²) in [7, 11) is 0. The van der Waals surface area contributed by atoms with E-state index in [1.807, 2.05) is 24.3 Å². The average molecular weight is 332 g/mol. The molecule has 0 aromatic heterocycles. The summed E-state index contributed by atoms with van der Waals surface area (Å²) in [4.78, 5) is 0. The molecule has 0 saturated carbocycles. The zero-order valence-electron chi connectivity index (χ0n) is 14.2.